The quantitative estimate of drug-likeness (QED) is 0.803. The van der Waals surface area contributed by atoms with Gasteiger partial charge in [0.05, 0.1) is 5.69 Å². The van der Waals surface area contributed by atoms with Crippen molar-refractivity contribution in [1.82, 2.24) is 15.5 Å². The van der Waals surface area contributed by atoms with Crippen molar-refractivity contribution in [2.45, 2.75) is 26.3 Å². The zero-order chi connectivity index (χ0) is 14.5. The van der Waals surface area contributed by atoms with E-state index in [0.717, 1.165) is 11.4 Å². The topological polar surface area (TPSA) is 69.8 Å². The minimum Gasteiger partial charge on any atom is -0.335 e. The fourth-order valence-electron chi connectivity index (χ4n) is 1.90. The molecule has 0 saturated carbocycles. The Bertz CT molecular complexity index is 596. The molecule has 0 aliphatic heterocycles. The average Bonchev–Trinajstić information content (AvgIpc) is 2.74. The van der Waals surface area contributed by atoms with Gasteiger partial charge in [0, 0.05) is 23.8 Å². The van der Waals surface area contributed by atoms with Gasteiger partial charge in [-0.2, -0.15) is 5.10 Å². The Balaban J connectivity index is 1.84. The van der Waals surface area contributed by atoms with E-state index in [-0.39, 0.29) is 17.9 Å². The second kappa shape index (κ2) is 6.18. The molecule has 106 valence electrons. The number of aromatic amines is 1. The number of benzene rings is 1. The molecular formula is C14H17FN4O. The third-order valence-electron chi connectivity index (χ3n) is 2.73. The van der Waals surface area contributed by atoms with Crippen LogP contribution in [0, 0.1) is 12.7 Å². The summed E-state index contributed by atoms with van der Waals surface area (Å²) < 4.78 is 13.0. The highest BCUT2D eigenvalue weighted by atomic mass is 19.1. The molecule has 5 nitrogen and oxygen atoms in total. The second-order valence-electron chi connectivity index (χ2n) is 4.76. The Hall–Kier alpha value is -2.37. The maximum Gasteiger partial charge on any atom is 0.319 e. The Morgan fingerprint density at radius 2 is 2.25 bits per heavy atom. The molecule has 0 spiro atoms. The summed E-state index contributed by atoms with van der Waals surface area (Å²) in [6.45, 7) is 3.81. The van der Waals surface area contributed by atoms with Gasteiger partial charge in [0.25, 0.3) is 0 Å². The number of halogens is 1. The third-order valence-corrected chi connectivity index (χ3v) is 2.73. The summed E-state index contributed by atoms with van der Waals surface area (Å²) in [7, 11) is 0. The largest absolute Gasteiger partial charge is 0.335 e. The lowest BCUT2D eigenvalue weighted by molar-refractivity contribution is 0.249. The Morgan fingerprint density at radius 3 is 2.90 bits per heavy atom. The van der Waals surface area contributed by atoms with Gasteiger partial charge in [-0.1, -0.05) is 6.07 Å². The molecule has 1 aromatic heterocycles. The number of amides is 2. The van der Waals surface area contributed by atoms with Gasteiger partial charge in [0.2, 0.25) is 0 Å². The normalized spacial score (nSPS) is 11.9. The fourth-order valence-corrected chi connectivity index (χ4v) is 1.90. The van der Waals surface area contributed by atoms with Crippen LogP contribution in [0.5, 0.6) is 0 Å². The zero-order valence-corrected chi connectivity index (χ0v) is 11.4. The molecule has 1 heterocycles. The van der Waals surface area contributed by atoms with E-state index in [1.54, 1.807) is 12.1 Å². The number of hydrogen-bond donors (Lipinski definition) is 3. The predicted octanol–water partition coefficient (Wildman–Crippen LogP) is 2.61. The van der Waals surface area contributed by atoms with Gasteiger partial charge in [-0.05, 0) is 38.1 Å². The monoisotopic (exact) mass is 276 g/mol. The van der Waals surface area contributed by atoms with E-state index in [1.165, 1.54) is 12.1 Å². The van der Waals surface area contributed by atoms with E-state index in [0.29, 0.717) is 12.1 Å². The second-order valence-corrected chi connectivity index (χ2v) is 4.76. The van der Waals surface area contributed by atoms with Crippen molar-refractivity contribution >= 4 is 11.7 Å². The summed E-state index contributed by atoms with van der Waals surface area (Å²) >= 11 is 0. The van der Waals surface area contributed by atoms with Crippen LogP contribution in [0.2, 0.25) is 0 Å². The molecule has 1 aromatic carbocycles. The summed E-state index contributed by atoms with van der Waals surface area (Å²) in [5, 5.41) is 12.3. The number of anilines is 1. The van der Waals surface area contributed by atoms with Crippen molar-refractivity contribution in [3.8, 4) is 0 Å². The summed E-state index contributed by atoms with van der Waals surface area (Å²) in [5.74, 6) is -0.386. The first-order chi connectivity index (χ1) is 9.52. The van der Waals surface area contributed by atoms with Gasteiger partial charge in [-0.15, -0.1) is 0 Å². The SMILES string of the molecule is Cc1cc(CC(C)NC(=O)Nc2cccc(F)c2)n[nH]1. The van der Waals surface area contributed by atoms with E-state index in [9.17, 15) is 9.18 Å². The molecule has 2 rings (SSSR count). The lowest BCUT2D eigenvalue weighted by atomic mass is 10.2. The van der Waals surface area contributed by atoms with Crippen molar-refractivity contribution < 1.29 is 9.18 Å². The Morgan fingerprint density at radius 1 is 1.45 bits per heavy atom. The number of nitrogens with one attached hydrogen (secondary N) is 3. The molecule has 3 N–H and O–H groups in total. The highest BCUT2D eigenvalue weighted by Gasteiger charge is 2.10. The molecule has 1 atom stereocenters. The Kier molecular flexibility index (Phi) is 4.34. The first-order valence-electron chi connectivity index (χ1n) is 6.37. The van der Waals surface area contributed by atoms with Crippen LogP contribution in [0.25, 0.3) is 0 Å². The summed E-state index contributed by atoms with van der Waals surface area (Å²) in [4.78, 5) is 11.8. The predicted molar refractivity (Wildman–Crippen MR) is 75.0 cm³/mol. The summed E-state index contributed by atoms with van der Waals surface area (Å²) in [5.41, 5.74) is 2.29. The summed E-state index contributed by atoms with van der Waals surface area (Å²) in [6.07, 6.45) is 0.626. The van der Waals surface area contributed by atoms with Crippen LogP contribution in [0.1, 0.15) is 18.3 Å². The fraction of sp³-hybridized carbons (Fsp3) is 0.286. The van der Waals surface area contributed by atoms with Gasteiger partial charge in [-0.25, -0.2) is 9.18 Å². The van der Waals surface area contributed by atoms with Crippen LogP contribution >= 0.6 is 0 Å². The van der Waals surface area contributed by atoms with Crippen LogP contribution in [0.4, 0.5) is 14.9 Å². The lowest BCUT2D eigenvalue weighted by Crippen LogP contribution is -2.37. The molecular weight excluding hydrogens is 259 g/mol. The number of hydrogen-bond acceptors (Lipinski definition) is 2. The zero-order valence-electron chi connectivity index (χ0n) is 11.4. The van der Waals surface area contributed by atoms with Gasteiger partial charge in [0.15, 0.2) is 0 Å². The molecule has 0 aliphatic rings. The molecule has 2 aromatic rings. The minimum absolute atomic E-state index is 0.0775. The van der Waals surface area contributed by atoms with Gasteiger partial charge in [-0.3, -0.25) is 5.10 Å². The maximum absolute atomic E-state index is 13.0. The van der Waals surface area contributed by atoms with Crippen LogP contribution in [0.3, 0.4) is 0 Å². The van der Waals surface area contributed by atoms with E-state index in [4.69, 9.17) is 0 Å². The van der Waals surface area contributed by atoms with Gasteiger partial charge < -0.3 is 10.6 Å². The minimum atomic E-state index is -0.386. The smallest absolute Gasteiger partial charge is 0.319 e. The number of aryl methyl sites for hydroxylation is 1. The van der Waals surface area contributed by atoms with E-state index in [1.807, 2.05) is 19.9 Å². The average molecular weight is 276 g/mol. The molecule has 1 unspecified atom stereocenters. The highest BCUT2D eigenvalue weighted by Crippen LogP contribution is 2.09. The highest BCUT2D eigenvalue weighted by molar-refractivity contribution is 5.89. The Labute approximate surface area is 116 Å². The van der Waals surface area contributed by atoms with Crippen LogP contribution in [-0.4, -0.2) is 22.3 Å². The molecule has 0 saturated heterocycles. The maximum atomic E-state index is 13.0. The number of carbonyl (C=O) groups is 1. The lowest BCUT2D eigenvalue weighted by Gasteiger charge is -2.13. The van der Waals surface area contributed by atoms with Gasteiger partial charge in [0.1, 0.15) is 5.82 Å². The standard InChI is InChI=1S/C14H17FN4O/c1-9(6-13-7-10(2)18-19-13)16-14(20)17-12-5-3-4-11(15)8-12/h3-5,7-9H,6H2,1-2H3,(H,18,19)(H2,16,17,20). The van der Waals surface area contributed by atoms with Crippen LogP contribution in [-0.2, 0) is 6.42 Å². The van der Waals surface area contributed by atoms with E-state index < -0.39 is 0 Å². The van der Waals surface area contributed by atoms with Crippen molar-refractivity contribution in [3.05, 3.63) is 47.5 Å². The van der Waals surface area contributed by atoms with Crippen molar-refractivity contribution in [2.24, 2.45) is 0 Å². The number of nitrogens with zero attached hydrogens (tertiary/aromatic N) is 1. The molecule has 0 fully saturated rings. The van der Waals surface area contributed by atoms with E-state index in [2.05, 4.69) is 20.8 Å². The third kappa shape index (κ3) is 4.08. The number of H-pyrrole nitrogens is 1. The van der Waals surface area contributed by atoms with Crippen LogP contribution in [0.15, 0.2) is 30.3 Å². The van der Waals surface area contributed by atoms with Crippen molar-refractivity contribution in [2.75, 3.05) is 5.32 Å². The molecule has 20 heavy (non-hydrogen) atoms. The summed E-state index contributed by atoms with van der Waals surface area (Å²) in [6, 6.07) is 7.25. The molecule has 0 aliphatic carbocycles. The molecule has 0 bridgehead atoms. The number of carbonyl (C=O) groups excluding carboxylic acids is 1. The van der Waals surface area contributed by atoms with Crippen molar-refractivity contribution in [3.63, 3.8) is 0 Å². The first kappa shape index (κ1) is 14.0. The molecule has 0 radical (unpaired) electrons. The van der Waals surface area contributed by atoms with Gasteiger partial charge >= 0.3 is 6.03 Å². The van der Waals surface area contributed by atoms with Crippen molar-refractivity contribution in [1.29, 1.82) is 0 Å². The molecule has 2 amide bonds. The number of rotatable bonds is 4. The number of aromatic nitrogens is 2. The first-order valence-corrected chi connectivity index (χ1v) is 6.37. The van der Waals surface area contributed by atoms with Crippen LogP contribution < -0.4 is 10.6 Å². The number of urea groups is 1. The molecule has 6 heteroatoms. The van der Waals surface area contributed by atoms with E-state index >= 15 is 0 Å².